The Morgan fingerprint density at radius 2 is 1.83 bits per heavy atom. The minimum absolute atomic E-state index is 0.0840. The van der Waals surface area contributed by atoms with Gasteiger partial charge in [0.15, 0.2) is 5.78 Å². The highest BCUT2D eigenvalue weighted by atomic mass is 32.2. The lowest BCUT2D eigenvalue weighted by Gasteiger charge is -2.24. The topological polar surface area (TPSA) is 120 Å². The predicted octanol–water partition coefficient (Wildman–Crippen LogP) is 3.02. The molecule has 154 valence electrons. The van der Waals surface area contributed by atoms with E-state index in [4.69, 9.17) is 4.42 Å². The van der Waals surface area contributed by atoms with Crippen LogP contribution in [0, 0.1) is 18.3 Å². The highest BCUT2D eigenvalue weighted by Crippen LogP contribution is 2.29. The third kappa shape index (κ3) is 3.62. The molecule has 1 aliphatic heterocycles. The van der Waals surface area contributed by atoms with Gasteiger partial charge in [-0.25, -0.2) is 0 Å². The Hall–Kier alpha value is -3.38. The summed E-state index contributed by atoms with van der Waals surface area (Å²) in [5, 5.41) is 11.9. The molecule has 0 fully saturated rings. The summed E-state index contributed by atoms with van der Waals surface area (Å²) in [5.41, 5.74) is 0.498. The van der Waals surface area contributed by atoms with Gasteiger partial charge >= 0.3 is 0 Å². The van der Waals surface area contributed by atoms with Crippen molar-refractivity contribution in [1.82, 2.24) is 4.90 Å². The molecule has 2 heterocycles. The van der Waals surface area contributed by atoms with Gasteiger partial charge in [0, 0.05) is 0 Å². The number of furan rings is 1. The van der Waals surface area contributed by atoms with Crippen LogP contribution in [-0.4, -0.2) is 46.5 Å². The monoisotopic (exact) mass is 425 g/mol. The van der Waals surface area contributed by atoms with Crippen molar-refractivity contribution in [3.05, 3.63) is 52.3 Å². The first-order chi connectivity index (χ1) is 14.3. The van der Waals surface area contributed by atoms with Crippen LogP contribution in [0.3, 0.4) is 0 Å². The third-order valence-corrected chi connectivity index (χ3v) is 5.46. The molecule has 3 amide bonds. The molecule has 3 rings (SSSR count). The van der Waals surface area contributed by atoms with Gasteiger partial charge in [-0.3, -0.25) is 29.4 Å². The number of nitrogens with zero attached hydrogens (tertiary/aromatic N) is 2. The maximum Gasteiger partial charge on any atom is 0.262 e. The van der Waals surface area contributed by atoms with E-state index in [-0.39, 0.29) is 46.1 Å². The number of hydrogen-bond donors (Lipinski definition) is 1. The van der Waals surface area contributed by atoms with Crippen LogP contribution in [0.15, 0.2) is 28.7 Å². The number of ketones is 1. The molecule has 0 bridgehead atoms. The number of hydrogen-bond acceptors (Lipinski definition) is 7. The van der Waals surface area contributed by atoms with E-state index < -0.39 is 23.8 Å². The zero-order chi connectivity index (χ0) is 22.0. The number of imide groups is 1. The summed E-state index contributed by atoms with van der Waals surface area (Å²) in [6, 6.07) is 7.17. The number of carbonyl (C=O) groups is 4. The molecule has 0 radical (unpaired) electrons. The number of amides is 3. The Morgan fingerprint density at radius 1 is 1.23 bits per heavy atom. The van der Waals surface area contributed by atoms with Gasteiger partial charge in [0.05, 0.1) is 16.7 Å². The van der Waals surface area contributed by atoms with Gasteiger partial charge in [0.2, 0.25) is 11.8 Å². The number of Topliss-reactive ketones (excluding diaryl/α,β-unsaturated/α-hetero) is 1. The molecule has 0 saturated carbocycles. The molecular weight excluding hydrogens is 406 g/mol. The van der Waals surface area contributed by atoms with Crippen LogP contribution in [0.25, 0.3) is 0 Å². The molecule has 1 unspecified atom stereocenters. The van der Waals surface area contributed by atoms with Gasteiger partial charge in [-0.1, -0.05) is 12.1 Å². The fourth-order valence-corrected chi connectivity index (χ4v) is 3.92. The molecule has 1 atom stereocenters. The van der Waals surface area contributed by atoms with E-state index in [2.05, 4.69) is 5.32 Å². The first kappa shape index (κ1) is 21.3. The molecule has 1 aliphatic rings. The van der Waals surface area contributed by atoms with E-state index >= 15 is 0 Å². The summed E-state index contributed by atoms with van der Waals surface area (Å²) in [5.74, 6) is -1.57. The first-order valence-electron chi connectivity index (χ1n) is 9.12. The Bertz CT molecular complexity index is 1060. The fourth-order valence-electron chi connectivity index (χ4n) is 3.46. The lowest BCUT2D eigenvalue weighted by molar-refractivity contribution is -0.120. The lowest BCUT2D eigenvalue weighted by Crippen LogP contribution is -2.47. The molecule has 0 spiro atoms. The second kappa shape index (κ2) is 8.55. The van der Waals surface area contributed by atoms with Gasteiger partial charge in [-0.15, -0.1) is 0 Å². The van der Waals surface area contributed by atoms with Crippen molar-refractivity contribution in [2.75, 3.05) is 17.3 Å². The van der Waals surface area contributed by atoms with Crippen LogP contribution in [0.1, 0.15) is 55.7 Å². The van der Waals surface area contributed by atoms with Crippen molar-refractivity contribution >= 4 is 41.2 Å². The number of aryl methyl sites for hydroxylation is 1. The average Bonchev–Trinajstić information content (AvgIpc) is 3.16. The van der Waals surface area contributed by atoms with Crippen LogP contribution in [-0.2, 0) is 4.79 Å². The second-order valence-corrected chi connectivity index (χ2v) is 7.70. The van der Waals surface area contributed by atoms with Crippen molar-refractivity contribution in [3.63, 3.8) is 0 Å². The Balaban J connectivity index is 1.95. The van der Waals surface area contributed by atoms with Crippen LogP contribution < -0.4 is 5.32 Å². The van der Waals surface area contributed by atoms with Crippen molar-refractivity contribution < 1.29 is 23.6 Å². The van der Waals surface area contributed by atoms with Crippen molar-refractivity contribution in [2.24, 2.45) is 0 Å². The van der Waals surface area contributed by atoms with Crippen molar-refractivity contribution in [2.45, 2.75) is 26.3 Å². The number of anilines is 1. The number of benzene rings is 1. The molecule has 9 heteroatoms. The number of fused-ring (bicyclic) bond motifs is 1. The third-order valence-electron chi connectivity index (χ3n) is 4.82. The molecule has 1 aromatic heterocycles. The largest absolute Gasteiger partial charge is 0.443 e. The summed E-state index contributed by atoms with van der Waals surface area (Å²) >= 11 is 1.47. The van der Waals surface area contributed by atoms with Crippen LogP contribution in [0.5, 0.6) is 0 Å². The van der Waals surface area contributed by atoms with Crippen LogP contribution in [0.4, 0.5) is 5.88 Å². The lowest BCUT2D eigenvalue weighted by atomic mass is 10.1. The van der Waals surface area contributed by atoms with E-state index in [1.165, 1.54) is 25.6 Å². The Kier molecular flexibility index (Phi) is 6.08. The Morgan fingerprint density at radius 3 is 2.33 bits per heavy atom. The number of carbonyl (C=O) groups excluding carboxylic acids is 4. The number of nitrogens with one attached hydrogen (secondary N) is 1. The van der Waals surface area contributed by atoms with Gasteiger partial charge in [-0.05, 0) is 44.4 Å². The molecule has 0 saturated heterocycles. The highest BCUT2D eigenvalue weighted by Gasteiger charge is 2.42. The van der Waals surface area contributed by atoms with Gasteiger partial charge in [0.1, 0.15) is 23.4 Å². The van der Waals surface area contributed by atoms with Crippen molar-refractivity contribution in [1.29, 1.82) is 5.26 Å². The zero-order valence-corrected chi connectivity index (χ0v) is 17.5. The van der Waals surface area contributed by atoms with Gasteiger partial charge in [0.25, 0.3) is 11.8 Å². The molecule has 0 aliphatic carbocycles. The molecule has 8 nitrogen and oxygen atoms in total. The molecule has 2 aromatic rings. The summed E-state index contributed by atoms with van der Waals surface area (Å²) in [7, 11) is 0. The van der Waals surface area contributed by atoms with Crippen LogP contribution >= 0.6 is 11.8 Å². The Labute approximate surface area is 177 Å². The maximum absolute atomic E-state index is 13.1. The van der Waals surface area contributed by atoms with E-state index in [1.54, 1.807) is 24.3 Å². The number of thioether (sulfide) groups is 1. The van der Waals surface area contributed by atoms with Crippen molar-refractivity contribution in [3.8, 4) is 6.07 Å². The number of rotatable bonds is 7. The normalized spacial score (nSPS) is 13.7. The standard InChI is InChI=1S/C21H19N3O5S/c1-11(25)17-12(2)29-19(15(17)10-22)23-18(26)16(8-9-30-3)24-20(27)13-6-4-5-7-14(13)21(24)28/h4-7,16H,8-9H2,1-3H3,(H,23,26). The average molecular weight is 425 g/mol. The van der Waals surface area contributed by atoms with Gasteiger partial charge in [-0.2, -0.15) is 17.0 Å². The zero-order valence-electron chi connectivity index (χ0n) is 16.6. The maximum atomic E-state index is 13.1. The van der Waals surface area contributed by atoms with E-state index in [0.717, 1.165) is 4.90 Å². The second-order valence-electron chi connectivity index (χ2n) is 6.72. The van der Waals surface area contributed by atoms with E-state index in [0.29, 0.717) is 5.75 Å². The molecule has 1 aromatic carbocycles. The molecule has 1 N–H and O–H groups in total. The van der Waals surface area contributed by atoms with E-state index in [9.17, 15) is 24.4 Å². The predicted molar refractivity (Wildman–Crippen MR) is 111 cm³/mol. The molecule has 30 heavy (non-hydrogen) atoms. The SMILES string of the molecule is CSCCC(C(=O)Nc1oc(C)c(C(C)=O)c1C#N)N1C(=O)c2ccccc2C1=O. The first-order valence-corrected chi connectivity index (χ1v) is 10.5. The van der Waals surface area contributed by atoms with Gasteiger partial charge < -0.3 is 4.42 Å². The number of nitriles is 1. The van der Waals surface area contributed by atoms with E-state index in [1.807, 2.05) is 12.3 Å². The minimum atomic E-state index is -1.09. The smallest absolute Gasteiger partial charge is 0.262 e. The fraction of sp³-hybridized carbons (Fsp3) is 0.286. The summed E-state index contributed by atoms with van der Waals surface area (Å²) in [4.78, 5) is 51.5. The summed E-state index contributed by atoms with van der Waals surface area (Å²) in [6.07, 6.45) is 2.07. The summed E-state index contributed by atoms with van der Waals surface area (Å²) < 4.78 is 5.43. The highest BCUT2D eigenvalue weighted by molar-refractivity contribution is 7.98. The minimum Gasteiger partial charge on any atom is -0.443 e. The summed E-state index contributed by atoms with van der Waals surface area (Å²) in [6.45, 7) is 2.81. The molecular formula is C21H19N3O5S. The van der Waals surface area contributed by atoms with Crippen LogP contribution in [0.2, 0.25) is 0 Å². The quantitative estimate of drug-likeness (QED) is 0.535.